The first-order valence-electron chi connectivity index (χ1n) is 13.2. The Morgan fingerprint density at radius 2 is 1.95 bits per heavy atom. The third-order valence-electron chi connectivity index (χ3n) is 7.49. The van der Waals surface area contributed by atoms with E-state index in [1.54, 1.807) is 0 Å². The molecule has 0 radical (unpaired) electrons. The zero-order chi connectivity index (χ0) is 26.9. The molecule has 2 atom stereocenters. The molecule has 0 bridgehead atoms. The average Bonchev–Trinajstić information content (AvgIpc) is 3.18. The first-order valence-corrected chi connectivity index (χ1v) is 13.2. The van der Waals surface area contributed by atoms with Gasteiger partial charge < -0.3 is 19.8 Å². The molecule has 4 rings (SSSR count). The van der Waals surface area contributed by atoms with Crippen LogP contribution in [-0.4, -0.2) is 34.5 Å². The summed E-state index contributed by atoms with van der Waals surface area (Å²) in [6, 6.07) is 11.0. The highest BCUT2D eigenvalue weighted by Gasteiger charge is 2.30. The highest BCUT2D eigenvalue weighted by Crippen LogP contribution is 2.39. The summed E-state index contributed by atoms with van der Waals surface area (Å²) in [6.45, 7) is 11.4. The van der Waals surface area contributed by atoms with Gasteiger partial charge in [0, 0.05) is 59.3 Å². The summed E-state index contributed by atoms with van der Waals surface area (Å²) in [5.74, 6) is -0.0447. The molecule has 0 fully saturated rings. The predicted molar refractivity (Wildman–Crippen MR) is 151 cm³/mol. The number of aromatic amines is 1. The van der Waals surface area contributed by atoms with Crippen LogP contribution in [0.4, 0.5) is 0 Å². The molecule has 37 heavy (non-hydrogen) atoms. The van der Waals surface area contributed by atoms with Crippen LogP contribution < -0.4 is 10.9 Å². The minimum atomic E-state index is -0.147. The fourth-order valence-electron chi connectivity index (χ4n) is 5.48. The molecule has 0 saturated carbocycles. The molecule has 2 heterocycles. The Morgan fingerprint density at radius 1 is 1.19 bits per heavy atom. The molecule has 0 saturated heterocycles. The van der Waals surface area contributed by atoms with Crippen molar-refractivity contribution >= 4 is 11.5 Å². The number of rotatable bonds is 8. The Balaban J connectivity index is 1.73. The second kappa shape index (κ2) is 10.9. The minimum Gasteiger partial charge on any atom is -0.348 e. The lowest BCUT2D eigenvalue weighted by molar-refractivity contribution is -0.115. The number of fused-ring (bicyclic) bond motifs is 1. The molecule has 1 aromatic carbocycles. The van der Waals surface area contributed by atoms with Gasteiger partial charge in [-0.2, -0.15) is 0 Å². The van der Waals surface area contributed by atoms with E-state index in [2.05, 4.69) is 91.2 Å². The van der Waals surface area contributed by atoms with Crippen molar-refractivity contribution in [3.8, 4) is 0 Å². The van der Waals surface area contributed by atoms with Crippen LogP contribution in [0, 0.1) is 20.8 Å². The summed E-state index contributed by atoms with van der Waals surface area (Å²) in [7, 11) is 4.15. The Kier molecular flexibility index (Phi) is 7.88. The van der Waals surface area contributed by atoms with Crippen molar-refractivity contribution < 1.29 is 4.79 Å². The van der Waals surface area contributed by atoms with Gasteiger partial charge in [-0.3, -0.25) is 9.59 Å². The number of aryl methyl sites for hydroxylation is 3. The summed E-state index contributed by atoms with van der Waals surface area (Å²) in [6.07, 6.45) is 6.20. The number of nitrogens with zero attached hydrogens (tertiary/aromatic N) is 2. The van der Waals surface area contributed by atoms with Crippen LogP contribution in [0.2, 0.25) is 0 Å². The van der Waals surface area contributed by atoms with E-state index in [4.69, 9.17) is 0 Å². The van der Waals surface area contributed by atoms with Crippen molar-refractivity contribution in [2.75, 3.05) is 14.1 Å². The third kappa shape index (κ3) is 5.64. The Labute approximate surface area is 220 Å². The van der Waals surface area contributed by atoms with Crippen LogP contribution in [-0.2, 0) is 24.3 Å². The number of H-pyrrole nitrogens is 1. The molecule has 0 aliphatic heterocycles. The van der Waals surface area contributed by atoms with Crippen molar-refractivity contribution in [3.05, 3.63) is 97.7 Å². The molecule has 6 nitrogen and oxygen atoms in total. The second-order valence-corrected chi connectivity index (χ2v) is 10.8. The van der Waals surface area contributed by atoms with Crippen LogP contribution in [0.5, 0.6) is 0 Å². The fourth-order valence-corrected chi connectivity index (χ4v) is 5.48. The van der Waals surface area contributed by atoms with E-state index >= 15 is 0 Å². The molecule has 1 unspecified atom stereocenters. The number of pyridine rings is 1. The molecule has 1 aliphatic rings. The lowest BCUT2D eigenvalue weighted by atomic mass is 9.82. The number of allylic oxidation sites excluding steroid dienone is 1. The maximum Gasteiger partial charge on any atom is 0.253 e. The monoisotopic (exact) mass is 500 g/mol. The topological polar surface area (TPSA) is 70.1 Å². The van der Waals surface area contributed by atoms with Gasteiger partial charge in [-0.15, -0.1) is 0 Å². The van der Waals surface area contributed by atoms with E-state index in [0.717, 1.165) is 41.8 Å². The van der Waals surface area contributed by atoms with Crippen molar-refractivity contribution in [2.24, 2.45) is 0 Å². The van der Waals surface area contributed by atoms with Crippen molar-refractivity contribution in [3.63, 3.8) is 0 Å². The highest BCUT2D eigenvalue weighted by atomic mass is 16.2. The van der Waals surface area contributed by atoms with Gasteiger partial charge in [-0.25, -0.2) is 0 Å². The number of hydrogen-bond acceptors (Lipinski definition) is 3. The lowest BCUT2D eigenvalue weighted by Crippen LogP contribution is -2.30. The van der Waals surface area contributed by atoms with Crippen molar-refractivity contribution in [1.82, 2.24) is 19.8 Å². The Hall–Kier alpha value is -3.38. The zero-order valence-corrected chi connectivity index (χ0v) is 23.2. The van der Waals surface area contributed by atoms with Gasteiger partial charge in [0.25, 0.3) is 11.5 Å². The molecule has 2 aromatic heterocycles. The molecule has 0 spiro atoms. The van der Waals surface area contributed by atoms with Gasteiger partial charge in [0.2, 0.25) is 0 Å². The van der Waals surface area contributed by atoms with E-state index in [1.807, 2.05) is 19.9 Å². The number of amides is 1. The molecular formula is C31H40N4O2. The summed E-state index contributed by atoms with van der Waals surface area (Å²) in [5.41, 5.74) is 8.69. The summed E-state index contributed by atoms with van der Waals surface area (Å²) in [5, 5.41) is 3.06. The van der Waals surface area contributed by atoms with Gasteiger partial charge in [-0.1, -0.05) is 37.3 Å². The molecular weight excluding hydrogens is 460 g/mol. The van der Waals surface area contributed by atoms with Crippen LogP contribution >= 0.6 is 0 Å². The van der Waals surface area contributed by atoms with E-state index < -0.39 is 0 Å². The highest BCUT2D eigenvalue weighted by molar-refractivity contribution is 6.20. The van der Waals surface area contributed by atoms with Gasteiger partial charge in [0.15, 0.2) is 0 Å². The number of aromatic nitrogens is 2. The normalized spacial score (nSPS) is 15.9. The van der Waals surface area contributed by atoms with Crippen LogP contribution in [0.3, 0.4) is 0 Å². The first kappa shape index (κ1) is 26.7. The van der Waals surface area contributed by atoms with Gasteiger partial charge in [0.05, 0.1) is 0 Å². The molecule has 196 valence electrons. The predicted octanol–water partition coefficient (Wildman–Crippen LogP) is 5.17. The number of carbonyl (C=O) groups is 1. The largest absolute Gasteiger partial charge is 0.348 e. The molecule has 6 heteroatoms. The van der Waals surface area contributed by atoms with Gasteiger partial charge in [-0.05, 0) is 83.0 Å². The quantitative estimate of drug-likeness (QED) is 0.448. The number of nitrogens with one attached hydrogen (secondary N) is 2. The maximum atomic E-state index is 13.7. The molecule has 1 aliphatic carbocycles. The minimum absolute atomic E-state index is 0.0944. The smallest absolute Gasteiger partial charge is 0.253 e. The van der Waals surface area contributed by atoms with Crippen molar-refractivity contribution in [2.45, 2.75) is 72.5 Å². The van der Waals surface area contributed by atoms with Gasteiger partial charge >= 0.3 is 0 Å². The summed E-state index contributed by atoms with van der Waals surface area (Å²) >= 11 is 0. The summed E-state index contributed by atoms with van der Waals surface area (Å²) in [4.78, 5) is 31.3. The Morgan fingerprint density at radius 3 is 2.62 bits per heavy atom. The SMILES string of the molecule is CC[C@H](C)n1cc(C)c2c1CC(c1cccc(CN(C)C)c1)C=C2C(=O)NCc1c(C)cc(C)[nH]c1=O. The Bertz CT molecular complexity index is 1390. The maximum absolute atomic E-state index is 13.7. The van der Waals surface area contributed by atoms with E-state index in [9.17, 15) is 9.59 Å². The standard InChI is InChI=1S/C31H40N4O2/c1-8-22(5)35-17-20(3)29-26(30(36)32-16-27-19(2)12-21(4)33-31(27)37)14-25(15-28(29)35)24-11-9-10-23(13-24)18-34(6)7/h9-14,17,22,25H,8,15-16,18H2,1-7H3,(H,32,36)(H,33,37)/t22-,25?/m0/s1. The van der Waals surface area contributed by atoms with Crippen molar-refractivity contribution in [1.29, 1.82) is 0 Å². The first-order chi connectivity index (χ1) is 17.6. The lowest BCUT2D eigenvalue weighted by Gasteiger charge is -2.26. The van der Waals surface area contributed by atoms with E-state index in [1.165, 1.54) is 16.8 Å². The van der Waals surface area contributed by atoms with Gasteiger partial charge in [0.1, 0.15) is 0 Å². The zero-order valence-electron chi connectivity index (χ0n) is 23.2. The number of carbonyl (C=O) groups excluding carboxylic acids is 1. The van der Waals surface area contributed by atoms with Crippen LogP contribution in [0.25, 0.3) is 5.57 Å². The number of hydrogen-bond donors (Lipinski definition) is 2. The third-order valence-corrected chi connectivity index (χ3v) is 7.49. The van der Waals surface area contributed by atoms with E-state index in [-0.39, 0.29) is 23.9 Å². The van der Waals surface area contributed by atoms with E-state index in [0.29, 0.717) is 17.2 Å². The molecule has 3 aromatic rings. The molecule has 1 amide bonds. The summed E-state index contributed by atoms with van der Waals surface area (Å²) < 4.78 is 2.36. The van der Waals surface area contributed by atoms with Crippen LogP contribution in [0.1, 0.15) is 77.0 Å². The molecule has 2 N–H and O–H groups in total. The second-order valence-electron chi connectivity index (χ2n) is 10.8. The van der Waals surface area contributed by atoms with Crippen LogP contribution in [0.15, 0.2) is 47.4 Å². The average molecular weight is 501 g/mol. The number of benzene rings is 1. The fraction of sp³-hybridized carbons (Fsp3) is 0.419.